The van der Waals surface area contributed by atoms with Gasteiger partial charge in [0.1, 0.15) is 0 Å². The molecule has 0 unspecified atom stereocenters. The zero-order valence-electron chi connectivity index (χ0n) is 9.73. The highest BCUT2D eigenvalue weighted by molar-refractivity contribution is 4.63. The summed E-state index contributed by atoms with van der Waals surface area (Å²) in [4.78, 5) is 2.65. The van der Waals surface area contributed by atoms with Crippen LogP contribution in [0.3, 0.4) is 0 Å². The van der Waals surface area contributed by atoms with E-state index in [1.807, 2.05) is 0 Å². The molecule has 0 aromatic carbocycles. The fourth-order valence-electron chi connectivity index (χ4n) is 2.12. The molecule has 0 spiro atoms. The van der Waals surface area contributed by atoms with E-state index >= 15 is 0 Å². The van der Waals surface area contributed by atoms with Crippen molar-refractivity contribution < 1.29 is 0 Å². The zero-order chi connectivity index (χ0) is 10.1. The molecule has 2 nitrogen and oxygen atoms in total. The Kier molecular flexibility index (Phi) is 7.06. The monoisotopic (exact) mass is 198 g/mol. The SMILES string of the molecule is CCNCCCCN1CCCCCC1. The molecule has 1 heterocycles. The Balaban J connectivity index is 1.93. The van der Waals surface area contributed by atoms with Crippen molar-refractivity contribution in [2.45, 2.75) is 45.4 Å². The molecule has 0 radical (unpaired) electrons. The molecule has 1 fully saturated rings. The van der Waals surface area contributed by atoms with Crippen molar-refractivity contribution in [3.8, 4) is 0 Å². The van der Waals surface area contributed by atoms with Crippen LogP contribution in [0.5, 0.6) is 0 Å². The van der Waals surface area contributed by atoms with Crippen molar-refractivity contribution in [2.24, 2.45) is 0 Å². The van der Waals surface area contributed by atoms with Gasteiger partial charge in [-0.25, -0.2) is 0 Å². The second-order valence-corrected chi connectivity index (χ2v) is 4.32. The molecule has 0 atom stereocenters. The first-order valence-corrected chi connectivity index (χ1v) is 6.36. The van der Waals surface area contributed by atoms with Gasteiger partial charge in [0.2, 0.25) is 0 Å². The maximum Gasteiger partial charge on any atom is -0.00183 e. The minimum atomic E-state index is 1.11. The van der Waals surface area contributed by atoms with E-state index in [2.05, 4.69) is 17.1 Å². The van der Waals surface area contributed by atoms with Gasteiger partial charge in [-0.2, -0.15) is 0 Å². The van der Waals surface area contributed by atoms with Crippen LogP contribution < -0.4 is 5.32 Å². The van der Waals surface area contributed by atoms with E-state index in [-0.39, 0.29) is 0 Å². The summed E-state index contributed by atoms with van der Waals surface area (Å²) in [6, 6.07) is 0. The van der Waals surface area contributed by atoms with Gasteiger partial charge in [-0.05, 0) is 58.4 Å². The normalized spacial score (nSPS) is 19.5. The van der Waals surface area contributed by atoms with Crippen LogP contribution in [-0.4, -0.2) is 37.6 Å². The number of likely N-dealkylation sites (tertiary alicyclic amines) is 1. The highest BCUT2D eigenvalue weighted by Crippen LogP contribution is 2.09. The number of rotatable bonds is 6. The van der Waals surface area contributed by atoms with Gasteiger partial charge < -0.3 is 10.2 Å². The third kappa shape index (κ3) is 5.61. The van der Waals surface area contributed by atoms with E-state index in [0.29, 0.717) is 0 Å². The predicted molar refractivity (Wildman–Crippen MR) is 62.7 cm³/mol. The van der Waals surface area contributed by atoms with Crippen LogP contribution in [0.4, 0.5) is 0 Å². The third-order valence-corrected chi connectivity index (χ3v) is 3.03. The van der Waals surface area contributed by atoms with Crippen LogP contribution in [-0.2, 0) is 0 Å². The maximum absolute atomic E-state index is 3.38. The van der Waals surface area contributed by atoms with Crippen LogP contribution >= 0.6 is 0 Å². The van der Waals surface area contributed by atoms with Crippen LogP contribution in [0.1, 0.15) is 45.4 Å². The predicted octanol–water partition coefficient (Wildman–Crippen LogP) is 2.25. The summed E-state index contributed by atoms with van der Waals surface area (Å²) in [5.74, 6) is 0. The van der Waals surface area contributed by atoms with Crippen LogP contribution in [0.25, 0.3) is 0 Å². The molecular formula is C12H26N2. The first-order chi connectivity index (χ1) is 6.93. The number of nitrogens with zero attached hydrogens (tertiary/aromatic N) is 1. The topological polar surface area (TPSA) is 15.3 Å². The van der Waals surface area contributed by atoms with Crippen molar-refractivity contribution in [3.63, 3.8) is 0 Å². The van der Waals surface area contributed by atoms with Crippen molar-refractivity contribution in [2.75, 3.05) is 32.7 Å². The van der Waals surface area contributed by atoms with Gasteiger partial charge in [0.05, 0.1) is 0 Å². The average molecular weight is 198 g/mol. The van der Waals surface area contributed by atoms with Crippen molar-refractivity contribution in [3.05, 3.63) is 0 Å². The Hall–Kier alpha value is -0.0800. The van der Waals surface area contributed by atoms with Gasteiger partial charge >= 0.3 is 0 Å². The summed E-state index contributed by atoms with van der Waals surface area (Å²) in [5.41, 5.74) is 0. The van der Waals surface area contributed by atoms with Crippen LogP contribution in [0, 0.1) is 0 Å². The lowest BCUT2D eigenvalue weighted by Crippen LogP contribution is -2.26. The van der Waals surface area contributed by atoms with E-state index < -0.39 is 0 Å². The average Bonchev–Trinajstić information content (AvgIpc) is 2.46. The minimum absolute atomic E-state index is 1.11. The summed E-state index contributed by atoms with van der Waals surface area (Å²) in [7, 11) is 0. The molecule has 1 saturated heterocycles. The number of nitrogens with one attached hydrogen (secondary N) is 1. The molecule has 0 aliphatic carbocycles. The molecule has 84 valence electrons. The second-order valence-electron chi connectivity index (χ2n) is 4.32. The lowest BCUT2D eigenvalue weighted by Gasteiger charge is -2.19. The standard InChI is InChI=1S/C12H26N2/c1-2-13-9-5-8-12-14-10-6-3-4-7-11-14/h13H,2-12H2,1H3. The van der Waals surface area contributed by atoms with E-state index in [9.17, 15) is 0 Å². The second kappa shape index (κ2) is 8.25. The van der Waals surface area contributed by atoms with Gasteiger partial charge in [0.15, 0.2) is 0 Å². The molecule has 1 N–H and O–H groups in total. The largest absolute Gasteiger partial charge is 0.317 e. The Labute approximate surface area is 89.1 Å². The van der Waals surface area contributed by atoms with Gasteiger partial charge in [0.25, 0.3) is 0 Å². The Morgan fingerprint density at radius 3 is 2.36 bits per heavy atom. The van der Waals surface area contributed by atoms with Gasteiger partial charge in [0, 0.05) is 0 Å². The number of unbranched alkanes of at least 4 members (excludes halogenated alkanes) is 1. The van der Waals surface area contributed by atoms with E-state index in [1.54, 1.807) is 0 Å². The lowest BCUT2D eigenvalue weighted by atomic mass is 10.2. The molecule has 0 bridgehead atoms. The van der Waals surface area contributed by atoms with Crippen molar-refractivity contribution in [1.29, 1.82) is 0 Å². The van der Waals surface area contributed by atoms with Crippen LogP contribution in [0.2, 0.25) is 0 Å². The summed E-state index contributed by atoms with van der Waals surface area (Å²) in [6.07, 6.45) is 8.46. The number of hydrogen-bond donors (Lipinski definition) is 1. The Morgan fingerprint density at radius 2 is 1.71 bits per heavy atom. The summed E-state index contributed by atoms with van der Waals surface area (Å²) < 4.78 is 0. The lowest BCUT2D eigenvalue weighted by molar-refractivity contribution is 0.278. The van der Waals surface area contributed by atoms with E-state index in [1.165, 1.54) is 64.7 Å². The fourth-order valence-corrected chi connectivity index (χ4v) is 2.12. The third-order valence-electron chi connectivity index (χ3n) is 3.03. The first kappa shape index (κ1) is 12.0. The molecule has 0 amide bonds. The Bertz CT molecular complexity index is 117. The van der Waals surface area contributed by atoms with Gasteiger partial charge in [-0.3, -0.25) is 0 Å². The molecule has 0 aromatic rings. The molecule has 2 heteroatoms. The Morgan fingerprint density at radius 1 is 1.00 bits per heavy atom. The molecular weight excluding hydrogens is 172 g/mol. The van der Waals surface area contributed by atoms with Crippen molar-refractivity contribution in [1.82, 2.24) is 10.2 Å². The van der Waals surface area contributed by atoms with Crippen molar-refractivity contribution >= 4 is 0 Å². The van der Waals surface area contributed by atoms with E-state index in [0.717, 1.165) is 6.54 Å². The maximum atomic E-state index is 3.38. The summed E-state index contributed by atoms with van der Waals surface area (Å²) in [6.45, 7) is 8.51. The van der Waals surface area contributed by atoms with Gasteiger partial charge in [-0.1, -0.05) is 19.8 Å². The summed E-state index contributed by atoms with van der Waals surface area (Å²) >= 11 is 0. The minimum Gasteiger partial charge on any atom is -0.317 e. The fraction of sp³-hybridized carbons (Fsp3) is 1.00. The van der Waals surface area contributed by atoms with E-state index in [4.69, 9.17) is 0 Å². The number of hydrogen-bond acceptors (Lipinski definition) is 2. The quantitative estimate of drug-likeness (QED) is 0.659. The molecule has 1 rings (SSSR count). The highest BCUT2D eigenvalue weighted by Gasteiger charge is 2.07. The highest BCUT2D eigenvalue weighted by atomic mass is 15.1. The zero-order valence-corrected chi connectivity index (χ0v) is 9.73. The van der Waals surface area contributed by atoms with Gasteiger partial charge in [-0.15, -0.1) is 0 Å². The molecule has 0 saturated carbocycles. The summed E-state index contributed by atoms with van der Waals surface area (Å²) in [5, 5.41) is 3.38. The molecule has 0 aromatic heterocycles. The smallest absolute Gasteiger partial charge is 0.00183 e. The molecule has 1 aliphatic heterocycles. The first-order valence-electron chi connectivity index (χ1n) is 6.36. The van der Waals surface area contributed by atoms with Crippen LogP contribution in [0.15, 0.2) is 0 Å². The molecule has 1 aliphatic rings. The molecule has 14 heavy (non-hydrogen) atoms.